The van der Waals surface area contributed by atoms with Crippen LogP contribution in [0.25, 0.3) is 0 Å². The second kappa shape index (κ2) is 12.2. The highest BCUT2D eigenvalue weighted by Crippen LogP contribution is 1.91. The minimum absolute atomic E-state index is 0.955. The van der Waals surface area contributed by atoms with E-state index in [1.807, 2.05) is 6.07 Å². The van der Waals surface area contributed by atoms with Crippen molar-refractivity contribution in [2.75, 3.05) is 13.2 Å². The Morgan fingerprint density at radius 2 is 1.79 bits per heavy atom. The van der Waals surface area contributed by atoms with Crippen LogP contribution in [-0.4, -0.2) is 23.4 Å². The van der Waals surface area contributed by atoms with Crippen molar-refractivity contribution >= 4 is 0 Å². The number of nitrogens with one attached hydrogen (secondary N) is 1. The molecule has 14 heavy (non-hydrogen) atoms. The fourth-order valence-corrected chi connectivity index (χ4v) is 0.810. The van der Waals surface area contributed by atoms with Gasteiger partial charge in [-0.05, 0) is 18.9 Å². The van der Waals surface area contributed by atoms with Crippen LogP contribution in [0.15, 0.2) is 18.5 Å². The van der Waals surface area contributed by atoms with Crippen molar-refractivity contribution in [3.05, 3.63) is 18.5 Å². The summed E-state index contributed by atoms with van der Waals surface area (Å²) < 4.78 is 5.31. The van der Waals surface area contributed by atoms with Crippen molar-refractivity contribution in [3.63, 3.8) is 0 Å². The second-order valence-corrected chi connectivity index (χ2v) is 3.09. The maximum Gasteiger partial charge on any atom is 0.0487 e. The van der Waals surface area contributed by atoms with Crippen LogP contribution in [0.2, 0.25) is 0 Å². The standard InChI is InChI=1S/C8H18O.C3H4N2/c1-3-5-7-9-8-6-4-2;1-2-4-5-3-1/h3-8H2,1-2H3;1-3H,(H,4,5). The molecule has 0 aliphatic carbocycles. The fourth-order valence-electron chi connectivity index (χ4n) is 0.810. The molecule has 0 atom stereocenters. The molecule has 0 spiro atoms. The van der Waals surface area contributed by atoms with Gasteiger partial charge in [0.25, 0.3) is 0 Å². The van der Waals surface area contributed by atoms with Gasteiger partial charge in [-0.25, -0.2) is 0 Å². The molecule has 0 radical (unpaired) electrons. The molecule has 0 aliphatic rings. The number of H-pyrrole nitrogens is 1. The Morgan fingerprint density at radius 1 is 1.14 bits per heavy atom. The van der Waals surface area contributed by atoms with Crippen molar-refractivity contribution in [1.82, 2.24) is 10.2 Å². The van der Waals surface area contributed by atoms with E-state index in [2.05, 4.69) is 24.0 Å². The zero-order chi connectivity index (χ0) is 10.5. The highest BCUT2D eigenvalue weighted by molar-refractivity contribution is 4.72. The van der Waals surface area contributed by atoms with Crippen molar-refractivity contribution in [3.8, 4) is 0 Å². The van der Waals surface area contributed by atoms with E-state index in [0.29, 0.717) is 0 Å². The third kappa shape index (κ3) is 11.2. The molecule has 82 valence electrons. The van der Waals surface area contributed by atoms with Gasteiger partial charge in [-0.2, -0.15) is 5.10 Å². The first kappa shape index (κ1) is 13.2. The number of hydrogen-bond acceptors (Lipinski definition) is 2. The van der Waals surface area contributed by atoms with Gasteiger partial charge in [-0.15, -0.1) is 0 Å². The molecule has 0 saturated heterocycles. The SMILES string of the molecule is CCCCOCCCC.c1cn[nH]c1. The summed E-state index contributed by atoms with van der Waals surface area (Å²) in [5, 5.41) is 6.21. The van der Waals surface area contributed by atoms with Gasteiger partial charge in [-0.1, -0.05) is 26.7 Å². The van der Waals surface area contributed by atoms with Crippen molar-refractivity contribution in [2.24, 2.45) is 0 Å². The number of hydrogen-bond donors (Lipinski definition) is 1. The molecule has 3 nitrogen and oxygen atoms in total. The lowest BCUT2D eigenvalue weighted by Gasteiger charge is -1.99. The van der Waals surface area contributed by atoms with Gasteiger partial charge >= 0.3 is 0 Å². The van der Waals surface area contributed by atoms with Gasteiger partial charge in [0, 0.05) is 25.6 Å². The van der Waals surface area contributed by atoms with E-state index in [4.69, 9.17) is 4.74 Å². The molecule has 0 unspecified atom stereocenters. The molecule has 0 fully saturated rings. The number of nitrogens with zero attached hydrogens (tertiary/aromatic N) is 1. The Hall–Kier alpha value is -0.830. The van der Waals surface area contributed by atoms with Gasteiger partial charge < -0.3 is 4.74 Å². The van der Waals surface area contributed by atoms with Crippen LogP contribution in [-0.2, 0) is 4.74 Å². The molecule has 1 aromatic rings. The van der Waals surface area contributed by atoms with Gasteiger partial charge in [0.2, 0.25) is 0 Å². The summed E-state index contributed by atoms with van der Waals surface area (Å²) in [7, 11) is 0. The maximum atomic E-state index is 5.31. The summed E-state index contributed by atoms with van der Waals surface area (Å²) >= 11 is 0. The minimum Gasteiger partial charge on any atom is -0.381 e. The molecule has 1 heterocycles. The molecule has 0 bridgehead atoms. The molecule has 1 aromatic heterocycles. The average molecular weight is 198 g/mol. The summed E-state index contributed by atoms with van der Waals surface area (Å²) in [6, 6.07) is 1.83. The Labute approximate surface area is 86.9 Å². The molecule has 0 aliphatic heterocycles. The van der Waals surface area contributed by atoms with Crippen LogP contribution in [0.3, 0.4) is 0 Å². The van der Waals surface area contributed by atoms with Crippen LogP contribution in [0.1, 0.15) is 39.5 Å². The number of aromatic nitrogens is 2. The molecule has 0 saturated carbocycles. The monoisotopic (exact) mass is 198 g/mol. The quantitative estimate of drug-likeness (QED) is 0.713. The van der Waals surface area contributed by atoms with E-state index < -0.39 is 0 Å². The van der Waals surface area contributed by atoms with Crippen molar-refractivity contribution in [2.45, 2.75) is 39.5 Å². The number of unbranched alkanes of at least 4 members (excludes halogenated alkanes) is 2. The largest absolute Gasteiger partial charge is 0.381 e. The van der Waals surface area contributed by atoms with Crippen molar-refractivity contribution < 1.29 is 4.74 Å². The molecule has 0 amide bonds. The Bertz CT molecular complexity index is 141. The lowest BCUT2D eigenvalue weighted by atomic mass is 10.3. The van der Waals surface area contributed by atoms with Crippen LogP contribution in [0.4, 0.5) is 0 Å². The van der Waals surface area contributed by atoms with E-state index >= 15 is 0 Å². The summed E-state index contributed by atoms with van der Waals surface area (Å²) in [6.07, 6.45) is 8.37. The second-order valence-electron chi connectivity index (χ2n) is 3.09. The molecule has 1 N–H and O–H groups in total. The maximum absolute atomic E-state index is 5.31. The van der Waals surface area contributed by atoms with Crippen molar-refractivity contribution in [1.29, 1.82) is 0 Å². The molecule has 1 rings (SSSR count). The highest BCUT2D eigenvalue weighted by atomic mass is 16.5. The predicted molar refractivity (Wildman–Crippen MR) is 59.2 cm³/mol. The number of ether oxygens (including phenoxy) is 1. The first-order chi connectivity index (χ1) is 6.91. The average Bonchev–Trinajstić information content (AvgIpc) is 2.76. The Morgan fingerprint density at radius 3 is 2.07 bits per heavy atom. The molecule has 3 heteroatoms. The minimum atomic E-state index is 0.955. The van der Waals surface area contributed by atoms with E-state index in [-0.39, 0.29) is 0 Å². The zero-order valence-corrected chi connectivity index (χ0v) is 9.33. The summed E-state index contributed by atoms with van der Waals surface area (Å²) in [4.78, 5) is 0. The van der Waals surface area contributed by atoms with Gasteiger partial charge in [0.1, 0.15) is 0 Å². The first-order valence-corrected chi connectivity index (χ1v) is 5.43. The van der Waals surface area contributed by atoms with Crippen LogP contribution in [0.5, 0.6) is 0 Å². The molecule has 0 aromatic carbocycles. The van der Waals surface area contributed by atoms with Gasteiger partial charge in [-0.3, -0.25) is 5.10 Å². The summed E-state index contributed by atoms with van der Waals surface area (Å²) in [6.45, 7) is 6.28. The van der Waals surface area contributed by atoms with Gasteiger partial charge in [0.05, 0.1) is 0 Å². The fraction of sp³-hybridized carbons (Fsp3) is 0.727. The highest BCUT2D eigenvalue weighted by Gasteiger charge is 1.84. The van der Waals surface area contributed by atoms with Crippen LogP contribution in [0, 0.1) is 0 Å². The number of rotatable bonds is 6. The molecular formula is C11H22N2O. The smallest absolute Gasteiger partial charge is 0.0487 e. The molecular weight excluding hydrogens is 176 g/mol. The Balaban J connectivity index is 0.000000280. The van der Waals surface area contributed by atoms with E-state index in [1.54, 1.807) is 12.4 Å². The lowest BCUT2D eigenvalue weighted by molar-refractivity contribution is 0.128. The van der Waals surface area contributed by atoms with Gasteiger partial charge in [0.15, 0.2) is 0 Å². The zero-order valence-electron chi connectivity index (χ0n) is 9.33. The topological polar surface area (TPSA) is 37.9 Å². The number of aromatic amines is 1. The van der Waals surface area contributed by atoms with E-state index in [9.17, 15) is 0 Å². The van der Waals surface area contributed by atoms with Crippen LogP contribution < -0.4 is 0 Å². The third-order valence-electron chi connectivity index (χ3n) is 1.69. The summed E-state index contributed by atoms with van der Waals surface area (Å²) in [5.41, 5.74) is 0. The predicted octanol–water partition coefficient (Wildman–Crippen LogP) is 3.01. The normalized spacial score (nSPS) is 9.29. The third-order valence-corrected chi connectivity index (χ3v) is 1.69. The lowest BCUT2D eigenvalue weighted by Crippen LogP contribution is -1.95. The first-order valence-electron chi connectivity index (χ1n) is 5.43. The Kier molecular flexibility index (Phi) is 11.4. The van der Waals surface area contributed by atoms with E-state index in [0.717, 1.165) is 13.2 Å². The summed E-state index contributed by atoms with van der Waals surface area (Å²) in [5.74, 6) is 0. The van der Waals surface area contributed by atoms with Crippen LogP contribution >= 0.6 is 0 Å². The van der Waals surface area contributed by atoms with E-state index in [1.165, 1.54) is 25.7 Å².